The van der Waals surface area contributed by atoms with Gasteiger partial charge in [0.25, 0.3) is 5.91 Å². The third-order valence-corrected chi connectivity index (χ3v) is 6.56. The molecule has 2 aromatic heterocycles. The first-order chi connectivity index (χ1) is 11.3. The van der Waals surface area contributed by atoms with Crippen molar-refractivity contribution in [2.75, 3.05) is 19.7 Å². The van der Waals surface area contributed by atoms with Crippen LogP contribution in [0.1, 0.15) is 29.8 Å². The first kappa shape index (κ1) is 14.0. The monoisotopic (exact) mass is 331 g/mol. The molecule has 4 unspecified atom stereocenters. The molecule has 1 saturated carbocycles. The van der Waals surface area contributed by atoms with Gasteiger partial charge in [0.05, 0.1) is 28.4 Å². The van der Waals surface area contributed by atoms with Gasteiger partial charge in [-0.2, -0.15) is 0 Å². The quantitative estimate of drug-likeness (QED) is 0.907. The maximum absolute atomic E-state index is 12.7. The summed E-state index contributed by atoms with van der Waals surface area (Å²) in [6, 6.07) is 4.58. The van der Waals surface area contributed by atoms with E-state index in [0.29, 0.717) is 23.8 Å². The standard InChI is InChI=1S/C17H21N3O2S/c21-17(12-9-13-11(18-12)4-8-23-13)19-14-10-3-7-22-16(10)15(14)20-5-1-2-6-20/h4,8-10,14-16,18H,1-3,5-7H2,(H,19,21). The van der Waals surface area contributed by atoms with E-state index in [1.807, 2.05) is 17.5 Å². The van der Waals surface area contributed by atoms with Gasteiger partial charge in [-0.1, -0.05) is 0 Å². The van der Waals surface area contributed by atoms with Gasteiger partial charge in [-0.25, -0.2) is 0 Å². The molecule has 122 valence electrons. The van der Waals surface area contributed by atoms with Crippen LogP contribution in [0, 0.1) is 5.92 Å². The molecule has 3 aliphatic rings. The summed E-state index contributed by atoms with van der Waals surface area (Å²) in [6.07, 6.45) is 3.92. The first-order valence-corrected chi connectivity index (χ1v) is 9.42. The lowest BCUT2D eigenvalue weighted by Gasteiger charge is -2.51. The van der Waals surface area contributed by atoms with Gasteiger partial charge in [-0.15, -0.1) is 11.3 Å². The van der Waals surface area contributed by atoms with Gasteiger partial charge < -0.3 is 15.0 Å². The summed E-state index contributed by atoms with van der Waals surface area (Å²) in [7, 11) is 0. The molecule has 0 spiro atoms. The Morgan fingerprint density at radius 3 is 3.09 bits per heavy atom. The summed E-state index contributed by atoms with van der Waals surface area (Å²) in [5, 5.41) is 5.33. The lowest BCUT2D eigenvalue weighted by atomic mass is 9.70. The fraction of sp³-hybridized carbons (Fsp3) is 0.588. The van der Waals surface area contributed by atoms with Gasteiger partial charge in [0.2, 0.25) is 0 Å². The van der Waals surface area contributed by atoms with Gasteiger partial charge in [0.15, 0.2) is 0 Å². The molecule has 0 aromatic carbocycles. The molecule has 1 amide bonds. The highest BCUT2D eigenvalue weighted by atomic mass is 32.1. The summed E-state index contributed by atoms with van der Waals surface area (Å²) < 4.78 is 7.07. The number of nitrogens with one attached hydrogen (secondary N) is 2. The predicted molar refractivity (Wildman–Crippen MR) is 89.9 cm³/mol. The van der Waals surface area contributed by atoms with E-state index in [0.717, 1.165) is 36.3 Å². The number of nitrogens with zero attached hydrogens (tertiary/aromatic N) is 1. The lowest BCUT2D eigenvalue weighted by molar-refractivity contribution is -0.0747. The van der Waals surface area contributed by atoms with E-state index in [2.05, 4.69) is 15.2 Å². The van der Waals surface area contributed by atoms with Crippen molar-refractivity contribution in [2.45, 2.75) is 37.5 Å². The van der Waals surface area contributed by atoms with Crippen LogP contribution in [-0.2, 0) is 4.74 Å². The van der Waals surface area contributed by atoms with Gasteiger partial charge in [0.1, 0.15) is 5.69 Å². The van der Waals surface area contributed by atoms with Crippen molar-refractivity contribution in [2.24, 2.45) is 5.92 Å². The maximum atomic E-state index is 12.7. The van der Waals surface area contributed by atoms with Crippen molar-refractivity contribution in [3.63, 3.8) is 0 Å². The lowest BCUT2D eigenvalue weighted by Crippen LogP contribution is -2.70. The van der Waals surface area contributed by atoms with Crippen LogP contribution in [0.5, 0.6) is 0 Å². The second-order valence-corrected chi connectivity index (χ2v) is 7.85. The minimum Gasteiger partial charge on any atom is -0.376 e. The van der Waals surface area contributed by atoms with E-state index >= 15 is 0 Å². The van der Waals surface area contributed by atoms with Crippen LogP contribution in [0.2, 0.25) is 0 Å². The Kier molecular flexibility index (Phi) is 3.25. The number of likely N-dealkylation sites (tertiary alicyclic amines) is 1. The average Bonchev–Trinajstić information content (AvgIpc) is 3.28. The van der Waals surface area contributed by atoms with Crippen LogP contribution in [0.25, 0.3) is 10.2 Å². The van der Waals surface area contributed by atoms with Crippen molar-refractivity contribution in [1.29, 1.82) is 0 Å². The summed E-state index contributed by atoms with van der Waals surface area (Å²) >= 11 is 1.66. The Bertz CT molecular complexity index is 700. The molecular weight excluding hydrogens is 310 g/mol. The number of fused-ring (bicyclic) bond motifs is 2. The number of aromatic nitrogens is 1. The molecule has 0 bridgehead atoms. The van der Waals surface area contributed by atoms with Crippen molar-refractivity contribution >= 4 is 27.5 Å². The number of carbonyl (C=O) groups excluding carboxylic acids is 1. The molecule has 5 nitrogen and oxygen atoms in total. The Morgan fingerprint density at radius 1 is 1.39 bits per heavy atom. The number of rotatable bonds is 3. The van der Waals surface area contributed by atoms with Crippen LogP contribution in [0.3, 0.4) is 0 Å². The van der Waals surface area contributed by atoms with Gasteiger partial charge >= 0.3 is 0 Å². The first-order valence-electron chi connectivity index (χ1n) is 8.54. The highest BCUT2D eigenvalue weighted by molar-refractivity contribution is 7.17. The van der Waals surface area contributed by atoms with E-state index in [1.165, 1.54) is 12.8 Å². The fourth-order valence-electron chi connectivity index (χ4n) is 4.54. The SMILES string of the molecule is O=C(NC1C2CCOC2C1N1CCCC1)c1cc2sccc2[nH]1. The smallest absolute Gasteiger partial charge is 0.268 e. The fourth-order valence-corrected chi connectivity index (χ4v) is 5.33. The minimum absolute atomic E-state index is 0.0212. The second-order valence-electron chi connectivity index (χ2n) is 6.90. The predicted octanol–water partition coefficient (Wildman–Crippen LogP) is 2.21. The van der Waals surface area contributed by atoms with Crippen molar-refractivity contribution in [1.82, 2.24) is 15.2 Å². The third-order valence-electron chi connectivity index (χ3n) is 5.69. The van der Waals surface area contributed by atoms with Crippen LogP contribution >= 0.6 is 11.3 Å². The molecule has 2 N–H and O–H groups in total. The molecule has 23 heavy (non-hydrogen) atoms. The molecular formula is C17H21N3O2S. The molecule has 4 atom stereocenters. The molecule has 4 heterocycles. The number of aromatic amines is 1. The van der Waals surface area contributed by atoms with Gasteiger partial charge in [-0.05, 0) is 49.9 Å². The molecule has 0 radical (unpaired) electrons. The largest absolute Gasteiger partial charge is 0.376 e. The topological polar surface area (TPSA) is 57.4 Å². The number of H-pyrrole nitrogens is 1. The van der Waals surface area contributed by atoms with Gasteiger partial charge in [0, 0.05) is 12.5 Å². The number of carbonyl (C=O) groups is 1. The number of hydrogen-bond donors (Lipinski definition) is 2. The van der Waals surface area contributed by atoms with Crippen LogP contribution < -0.4 is 5.32 Å². The third kappa shape index (κ3) is 2.16. The molecule has 1 aliphatic carbocycles. The Balaban J connectivity index is 1.35. The van der Waals surface area contributed by atoms with Crippen molar-refractivity contribution in [3.05, 3.63) is 23.2 Å². The molecule has 6 heteroatoms. The average molecular weight is 331 g/mol. The minimum atomic E-state index is 0.0212. The highest BCUT2D eigenvalue weighted by Gasteiger charge is 2.56. The van der Waals surface area contributed by atoms with Crippen LogP contribution in [-0.4, -0.2) is 53.7 Å². The molecule has 2 saturated heterocycles. The number of amides is 1. The normalized spacial score (nSPS) is 33.7. The van der Waals surface area contributed by atoms with Crippen molar-refractivity contribution in [3.8, 4) is 0 Å². The summed E-state index contributed by atoms with van der Waals surface area (Å²) in [6.45, 7) is 3.12. The number of thiophene rings is 1. The summed E-state index contributed by atoms with van der Waals surface area (Å²) in [5.74, 6) is 0.508. The van der Waals surface area contributed by atoms with Crippen molar-refractivity contribution < 1.29 is 9.53 Å². The second kappa shape index (κ2) is 5.33. The molecule has 2 aromatic rings. The zero-order valence-electron chi connectivity index (χ0n) is 13.0. The van der Waals surface area contributed by atoms with E-state index in [1.54, 1.807) is 11.3 Å². The molecule has 2 aliphatic heterocycles. The van der Waals surface area contributed by atoms with E-state index in [9.17, 15) is 4.79 Å². The molecule has 5 rings (SSSR count). The Hall–Kier alpha value is -1.37. The zero-order chi connectivity index (χ0) is 15.4. The molecule has 3 fully saturated rings. The number of hydrogen-bond acceptors (Lipinski definition) is 4. The van der Waals surface area contributed by atoms with E-state index in [4.69, 9.17) is 4.74 Å². The Morgan fingerprint density at radius 2 is 2.26 bits per heavy atom. The summed E-state index contributed by atoms with van der Waals surface area (Å²) in [4.78, 5) is 18.4. The maximum Gasteiger partial charge on any atom is 0.268 e. The van der Waals surface area contributed by atoms with Crippen LogP contribution in [0.4, 0.5) is 0 Å². The summed E-state index contributed by atoms with van der Waals surface area (Å²) in [5.41, 5.74) is 1.72. The number of ether oxygens (including phenoxy) is 1. The highest BCUT2D eigenvalue weighted by Crippen LogP contribution is 2.43. The van der Waals surface area contributed by atoms with E-state index in [-0.39, 0.29) is 11.9 Å². The van der Waals surface area contributed by atoms with Crippen LogP contribution in [0.15, 0.2) is 17.5 Å². The zero-order valence-corrected chi connectivity index (χ0v) is 13.8. The van der Waals surface area contributed by atoms with E-state index < -0.39 is 0 Å². The Labute approximate surface area is 139 Å². The van der Waals surface area contributed by atoms with Gasteiger partial charge in [-0.3, -0.25) is 9.69 Å².